The van der Waals surface area contributed by atoms with Gasteiger partial charge in [-0.15, -0.1) is 11.3 Å². The number of nitrogens with zero attached hydrogens (tertiary/aromatic N) is 1. The molecule has 2 unspecified atom stereocenters. The van der Waals surface area contributed by atoms with E-state index in [1.807, 2.05) is 17.5 Å². The maximum absolute atomic E-state index is 12.7. The number of benzene rings is 1. The zero-order valence-corrected chi connectivity index (χ0v) is 13.0. The molecule has 2 heterocycles. The van der Waals surface area contributed by atoms with Crippen LogP contribution in [0.15, 0.2) is 46.8 Å². The van der Waals surface area contributed by atoms with Crippen LogP contribution in [0, 0.1) is 0 Å². The van der Waals surface area contributed by atoms with Gasteiger partial charge in [-0.05, 0) is 29.1 Å². The van der Waals surface area contributed by atoms with Crippen LogP contribution in [0.4, 0.5) is 13.2 Å². The van der Waals surface area contributed by atoms with Gasteiger partial charge in [0.05, 0.1) is 11.6 Å². The summed E-state index contributed by atoms with van der Waals surface area (Å²) in [5, 5.41) is 2.50. The summed E-state index contributed by atoms with van der Waals surface area (Å²) in [7, 11) is 0. The van der Waals surface area contributed by atoms with Crippen molar-refractivity contribution in [3.05, 3.63) is 57.8 Å². The minimum atomic E-state index is -4.32. The predicted octanol–water partition coefficient (Wildman–Crippen LogP) is 4.33. The molecular weight excluding hydrogens is 329 g/mol. The first-order valence-electron chi connectivity index (χ1n) is 6.62. The number of rotatable bonds is 3. The second-order valence-corrected chi connectivity index (χ2v) is 6.98. The van der Waals surface area contributed by atoms with E-state index in [9.17, 15) is 13.2 Å². The van der Waals surface area contributed by atoms with E-state index in [-0.39, 0.29) is 12.0 Å². The number of amidine groups is 1. The second-order valence-electron chi connectivity index (χ2n) is 4.96. The molecule has 2 N–H and O–H groups in total. The molecule has 0 aliphatic carbocycles. The van der Waals surface area contributed by atoms with Crippen LogP contribution in [0.3, 0.4) is 0 Å². The van der Waals surface area contributed by atoms with Crippen LogP contribution in [0.1, 0.15) is 21.9 Å². The van der Waals surface area contributed by atoms with Gasteiger partial charge in [0.1, 0.15) is 0 Å². The number of alkyl halides is 3. The normalized spacial score (nSPS) is 20.0. The average Bonchev–Trinajstić information content (AvgIpc) is 3.11. The largest absolute Gasteiger partial charge is 0.416 e. The standard InChI is InChI=1S/C15H13F3N2S2/c16-15(17,18)10-5-3-9(4-6-10)13(12-2-1-7-21-12)11-8-22-14(19)20-11/h1-7,11,13H,8H2,(H2,19,20). The van der Waals surface area contributed by atoms with Gasteiger partial charge < -0.3 is 5.73 Å². The molecule has 22 heavy (non-hydrogen) atoms. The number of aliphatic imine (C=N–C) groups is 1. The average molecular weight is 342 g/mol. The van der Waals surface area contributed by atoms with E-state index in [1.165, 1.54) is 11.8 Å². The zero-order valence-electron chi connectivity index (χ0n) is 11.4. The van der Waals surface area contributed by atoms with Gasteiger partial charge in [-0.2, -0.15) is 13.2 Å². The van der Waals surface area contributed by atoms with Gasteiger partial charge in [-0.3, -0.25) is 4.99 Å². The molecule has 1 aliphatic rings. The van der Waals surface area contributed by atoms with E-state index in [0.717, 1.165) is 28.3 Å². The van der Waals surface area contributed by atoms with Crippen molar-refractivity contribution in [3.8, 4) is 0 Å². The van der Waals surface area contributed by atoms with Gasteiger partial charge in [0.25, 0.3) is 0 Å². The molecule has 3 rings (SSSR count). The molecule has 0 spiro atoms. The zero-order chi connectivity index (χ0) is 15.7. The van der Waals surface area contributed by atoms with Crippen molar-refractivity contribution in [1.82, 2.24) is 0 Å². The van der Waals surface area contributed by atoms with Gasteiger partial charge in [-0.25, -0.2) is 0 Å². The quantitative estimate of drug-likeness (QED) is 0.902. The third-order valence-corrected chi connectivity index (χ3v) is 5.39. The summed E-state index contributed by atoms with van der Waals surface area (Å²) in [6, 6.07) is 9.23. The fraction of sp³-hybridized carbons (Fsp3) is 0.267. The Morgan fingerprint density at radius 2 is 1.91 bits per heavy atom. The summed E-state index contributed by atoms with van der Waals surface area (Å²) in [4.78, 5) is 5.52. The summed E-state index contributed by atoms with van der Waals surface area (Å²) < 4.78 is 38.1. The minimum absolute atomic E-state index is 0.0413. The Bertz CT molecular complexity index is 663. The number of halogens is 3. The molecule has 0 radical (unpaired) electrons. The second kappa shape index (κ2) is 5.96. The van der Waals surface area contributed by atoms with Gasteiger partial charge in [0.2, 0.25) is 0 Å². The van der Waals surface area contributed by atoms with Crippen molar-refractivity contribution in [3.63, 3.8) is 0 Å². The lowest BCUT2D eigenvalue weighted by Crippen LogP contribution is -2.18. The molecule has 1 aliphatic heterocycles. The highest BCUT2D eigenvalue weighted by Gasteiger charge is 2.32. The smallest absolute Gasteiger partial charge is 0.379 e. The lowest BCUT2D eigenvalue weighted by molar-refractivity contribution is -0.137. The van der Waals surface area contributed by atoms with E-state index in [1.54, 1.807) is 23.5 Å². The highest BCUT2D eigenvalue weighted by molar-refractivity contribution is 8.14. The fourth-order valence-corrected chi connectivity index (χ4v) is 4.23. The molecular formula is C15H13F3N2S2. The topological polar surface area (TPSA) is 38.4 Å². The van der Waals surface area contributed by atoms with E-state index in [4.69, 9.17) is 5.73 Å². The van der Waals surface area contributed by atoms with Crippen LogP contribution in [0.5, 0.6) is 0 Å². The van der Waals surface area contributed by atoms with E-state index in [2.05, 4.69) is 4.99 Å². The van der Waals surface area contributed by atoms with E-state index in [0.29, 0.717) is 5.17 Å². The Labute approximate surface area is 134 Å². The summed E-state index contributed by atoms with van der Waals surface area (Å²) in [6.45, 7) is 0. The van der Waals surface area contributed by atoms with Gasteiger partial charge in [0.15, 0.2) is 5.17 Å². The monoisotopic (exact) mass is 342 g/mol. The molecule has 1 aromatic carbocycles. The maximum atomic E-state index is 12.7. The van der Waals surface area contributed by atoms with Gasteiger partial charge >= 0.3 is 6.18 Å². The first-order chi connectivity index (χ1) is 10.4. The Kier molecular flexibility index (Phi) is 4.18. The van der Waals surface area contributed by atoms with Gasteiger partial charge in [0, 0.05) is 16.5 Å². The van der Waals surface area contributed by atoms with E-state index < -0.39 is 11.7 Å². The molecule has 116 valence electrons. The SMILES string of the molecule is NC1=NC(C(c2ccc(C(F)(F)F)cc2)c2cccs2)CS1. The number of nitrogens with two attached hydrogens (primary N) is 1. The van der Waals surface area contributed by atoms with Crippen molar-refractivity contribution in [2.24, 2.45) is 10.7 Å². The molecule has 0 amide bonds. The fourth-order valence-electron chi connectivity index (χ4n) is 2.50. The van der Waals surface area contributed by atoms with Gasteiger partial charge in [-0.1, -0.05) is 30.0 Å². The molecule has 0 fully saturated rings. The molecule has 2 atom stereocenters. The number of thiophene rings is 1. The maximum Gasteiger partial charge on any atom is 0.416 e. The molecule has 2 nitrogen and oxygen atoms in total. The number of hydrogen-bond acceptors (Lipinski definition) is 4. The summed E-state index contributed by atoms with van der Waals surface area (Å²) in [6.07, 6.45) is -4.32. The molecule has 0 saturated carbocycles. The molecule has 0 bridgehead atoms. The highest BCUT2D eigenvalue weighted by atomic mass is 32.2. The predicted molar refractivity (Wildman–Crippen MR) is 85.5 cm³/mol. The van der Waals surface area contributed by atoms with Crippen molar-refractivity contribution >= 4 is 28.3 Å². The number of hydrogen-bond donors (Lipinski definition) is 1. The van der Waals surface area contributed by atoms with Crippen LogP contribution < -0.4 is 5.73 Å². The van der Waals surface area contributed by atoms with Crippen molar-refractivity contribution in [2.45, 2.75) is 18.1 Å². The molecule has 2 aromatic rings. The Hall–Kier alpha value is -1.47. The van der Waals surface area contributed by atoms with Crippen LogP contribution in [-0.2, 0) is 6.18 Å². The van der Waals surface area contributed by atoms with Crippen molar-refractivity contribution < 1.29 is 13.2 Å². The third kappa shape index (κ3) is 3.15. The van der Waals surface area contributed by atoms with E-state index >= 15 is 0 Å². The molecule has 1 aromatic heterocycles. The first kappa shape index (κ1) is 15.4. The first-order valence-corrected chi connectivity index (χ1v) is 8.48. The van der Waals surface area contributed by atoms with Crippen LogP contribution >= 0.6 is 23.1 Å². The van der Waals surface area contributed by atoms with Crippen molar-refractivity contribution in [2.75, 3.05) is 5.75 Å². The molecule has 0 saturated heterocycles. The Morgan fingerprint density at radius 1 is 1.18 bits per heavy atom. The lowest BCUT2D eigenvalue weighted by atomic mass is 9.90. The van der Waals surface area contributed by atoms with Crippen LogP contribution in [0.2, 0.25) is 0 Å². The third-order valence-electron chi connectivity index (χ3n) is 3.53. The van der Waals surface area contributed by atoms with Crippen LogP contribution in [-0.4, -0.2) is 17.0 Å². The Morgan fingerprint density at radius 3 is 2.41 bits per heavy atom. The van der Waals surface area contributed by atoms with Crippen molar-refractivity contribution in [1.29, 1.82) is 0 Å². The minimum Gasteiger partial charge on any atom is -0.379 e. The lowest BCUT2D eigenvalue weighted by Gasteiger charge is -2.21. The summed E-state index contributed by atoms with van der Waals surface area (Å²) in [5.41, 5.74) is 5.94. The summed E-state index contributed by atoms with van der Waals surface area (Å²) in [5.74, 6) is 0.686. The van der Waals surface area contributed by atoms with Crippen LogP contribution in [0.25, 0.3) is 0 Å². The number of thioether (sulfide) groups is 1. The Balaban J connectivity index is 1.96. The highest BCUT2D eigenvalue weighted by Crippen LogP contribution is 2.38. The summed E-state index contributed by atoms with van der Waals surface area (Å²) >= 11 is 3.07. The molecule has 7 heteroatoms.